The monoisotopic (exact) mass is 366 g/mol. The lowest BCUT2D eigenvalue weighted by Crippen LogP contribution is -2.22. The summed E-state index contributed by atoms with van der Waals surface area (Å²) in [5.74, 6) is -1.12. The Morgan fingerprint density at radius 1 is 1.19 bits per heavy atom. The zero-order chi connectivity index (χ0) is 19.4. The van der Waals surface area contributed by atoms with Crippen molar-refractivity contribution >= 4 is 29.1 Å². The van der Waals surface area contributed by atoms with Gasteiger partial charge >= 0.3 is 5.97 Å². The Morgan fingerprint density at radius 3 is 2.56 bits per heavy atom. The Bertz CT molecular complexity index is 877. The normalized spacial score (nSPS) is 15.8. The van der Waals surface area contributed by atoms with Gasteiger partial charge in [-0.1, -0.05) is 6.07 Å². The quantitative estimate of drug-likeness (QED) is 0.410. The number of hydrogen-bond donors (Lipinski definition) is 5. The number of nitrogens with two attached hydrogens (primary N) is 1. The van der Waals surface area contributed by atoms with Crippen molar-refractivity contribution in [2.75, 3.05) is 10.6 Å². The van der Waals surface area contributed by atoms with E-state index >= 15 is 0 Å². The Labute approximate surface area is 157 Å². The van der Waals surface area contributed by atoms with Crippen molar-refractivity contribution in [2.24, 2.45) is 5.73 Å². The largest absolute Gasteiger partial charge is 0.481 e. The van der Waals surface area contributed by atoms with Crippen LogP contribution in [0.4, 0.5) is 11.4 Å². The molecule has 0 spiro atoms. The van der Waals surface area contributed by atoms with E-state index in [-0.39, 0.29) is 24.2 Å². The fourth-order valence-corrected chi connectivity index (χ4v) is 3.20. The predicted molar refractivity (Wildman–Crippen MR) is 104 cm³/mol. The van der Waals surface area contributed by atoms with Crippen molar-refractivity contribution in [1.82, 2.24) is 0 Å². The van der Waals surface area contributed by atoms with E-state index in [4.69, 9.17) is 16.2 Å². The molecule has 3 rings (SSSR count). The first-order chi connectivity index (χ1) is 12.9. The molecule has 7 nitrogen and oxygen atoms in total. The van der Waals surface area contributed by atoms with Gasteiger partial charge in [0.2, 0.25) is 0 Å². The molecule has 0 aromatic heterocycles. The van der Waals surface area contributed by atoms with Gasteiger partial charge in [-0.05, 0) is 61.2 Å². The molecule has 6 N–H and O–H groups in total. The molecule has 2 aromatic carbocycles. The lowest BCUT2D eigenvalue weighted by Gasteiger charge is -2.17. The molecular formula is C20H22N4O3. The molecule has 0 unspecified atom stereocenters. The first-order valence-electron chi connectivity index (χ1n) is 8.79. The van der Waals surface area contributed by atoms with E-state index in [1.807, 2.05) is 6.07 Å². The molecule has 7 heteroatoms. The van der Waals surface area contributed by atoms with E-state index in [1.54, 1.807) is 36.4 Å². The van der Waals surface area contributed by atoms with Crippen LogP contribution in [-0.2, 0) is 11.2 Å². The van der Waals surface area contributed by atoms with Gasteiger partial charge in [-0.15, -0.1) is 0 Å². The van der Waals surface area contributed by atoms with Gasteiger partial charge in [-0.3, -0.25) is 15.0 Å². The molecule has 0 saturated carbocycles. The van der Waals surface area contributed by atoms with Crippen LogP contribution in [0.3, 0.4) is 0 Å². The van der Waals surface area contributed by atoms with E-state index in [0.717, 1.165) is 30.5 Å². The molecule has 1 amide bonds. The van der Waals surface area contributed by atoms with Gasteiger partial charge < -0.3 is 21.5 Å². The van der Waals surface area contributed by atoms with Crippen LogP contribution in [0.2, 0.25) is 0 Å². The van der Waals surface area contributed by atoms with E-state index < -0.39 is 5.97 Å². The Morgan fingerprint density at radius 2 is 1.89 bits per heavy atom. The molecule has 2 aromatic rings. The summed E-state index contributed by atoms with van der Waals surface area (Å²) in [5.41, 5.74) is 9.02. The fraction of sp³-hybridized carbons (Fsp3) is 0.250. The highest BCUT2D eigenvalue weighted by atomic mass is 16.4. The van der Waals surface area contributed by atoms with Crippen molar-refractivity contribution in [1.29, 1.82) is 5.41 Å². The van der Waals surface area contributed by atoms with E-state index in [1.165, 1.54) is 0 Å². The van der Waals surface area contributed by atoms with Gasteiger partial charge in [-0.25, -0.2) is 0 Å². The van der Waals surface area contributed by atoms with Gasteiger partial charge in [0.15, 0.2) is 0 Å². The van der Waals surface area contributed by atoms with Gasteiger partial charge in [0, 0.05) is 28.5 Å². The summed E-state index contributed by atoms with van der Waals surface area (Å²) in [5, 5.41) is 22.5. The minimum Gasteiger partial charge on any atom is -0.481 e. The molecule has 1 aliphatic heterocycles. The average Bonchev–Trinajstić information content (AvgIpc) is 2.82. The van der Waals surface area contributed by atoms with Crippen molar-refractivity contribution in [2.45, 2.75) is 31.7 Å². The standard InChI is InChI=1S/C20H22N4O3/c21-19(22)13-6-8-15(9-7-13)24-20(27)14-5-4-12-2-1-3-16(11-18(25)26)23-17(12)10-14/h4-10,16,23H,1-3,11H2,(H3,21,22)(H,24,27)(H,25,26)/t16-/m0/s1. The number of fused-ring (bicyclic) bond motifs is 1. The van der Waals surface area contributed by atoms with Crippen LogP contribution in [0.5, 0.6) is 0 Å². The van der Waals surface area contributed by atoms with E-state index in [2.05, 4.69) is 10.6 Å². The number of carbonyl (C=O) groups excluding carboxylic acids is 1. The second-order valence-electron chi connectivity index (χ2n) is 6.65. The highest BCUT2D eigenvalue weighted by Crippen LogP contribution is 2.27. The Balaban J connectivity index is 1.75. The summed E-state index contributed by atoms with van der Waals surface area (Å²) < 4.78 is 0. The van der Waals surface area contributed by atoms with Crippen LogP contribution in [0, 0.1) is 5.41 Å². The molecule has 1 heterocycles. The number of nitrogen functional groups attached to an aromatic ring is 1. The topological polar surface area (TPSA) is 128 Å². The number of amidine groups is 1. The summed E-state index contributed by atoms with van der Waals surface area (Å²) >= 11 is 0. The number of aryl methyl sites for hydroxylation is 1. The minimum atomic E-state index is -0.834. The van der Waals surface area contributed by atoms with Crippen LogP contribution in [-0.4, -0.2) is 28.9 Å². The van der Waals surface area contributed by atoms with Crippen LogP contribution in [0.25, 0.3) is 0 Å². The van der Waals surface area contributed by atoms with Gasteiger partial charge in [-0.2, -0.15) is 0 Å². The van der Waals surface area contributed by atoms with Gasteiger partial charge in [0.25, 0.3) is 5.91 Å². The first-order valence-corrected chi connectivity index (χ1v) is 8.79. The molecule has 27 heavy (non-hydrogen) atoms. The molecule has 0 radical (unpaired) electrons. The second-order valence-corrected chi connectivity index (χ2v) is 6.65. The number of anilines is 2. The smallest absolute Gasteiger partial charge is 0.305 e. The van der Waals surface area contributed by atoms with Crippen molar-refractivity contribution in [3.63, 3.8) is 0 Å². The number of carbonyl (C=O) groups is 2. The van der Waals surface area contributed by atoms with Crippen LogP contribution >= 0.6 is 0 Å². The van der Waals surface area contributed by atoms with Crippen LogP contribution in [0.15, 0.2) is 42.5 Å². The summed E-state index contributed by atoms with van der Waals surface area (Å²) in [4.78, 5) is 23.6. The van der Waals surface area contributed by atoms with Gasteiger partial charge in [0.05, 0.1) is 6.42 Å². The minimum absolute atomic E-state index is 0.0272. The molecule has 0 bridgehead atoms. The highest BCUT2D eigenvalue weighted by molar-refractivity contribution is 6.05. The number of hydrogen-bond acceptors (Lipinski definition) is 4. The number of carboxylic acid groups (broad SMARTS) is 1. The summed E-state index contributed by atoms with van der Waals surface area (Å²) in [7, 11) is 0. The maximum absolute atomic E-state index is 12.6. The predicted octanol–water partition coefficient (Wildman–Crippen LogP) is 2.81. The SMILES string of the molecule is N=C(N)c1ccc(NC(=O)c2ccc3c(c2)N[C@H](CC(=O)O)CCC3)cc1. The number of benzene rings is 2. The molecular weight excluding hydrogens is 344 g/mol. The number of nitrogens with one attached hydrogen (secondary N) is 3. The number of rotatable bonds is 5. The maximum atomic E-state index is 12.6. The van der Waals surface area contributed by atoms with Crippen molar-refractivity contribution < 1.29 is 14.7 Å². The van der Waals surface area contributed by atoms with Crippen LogP contribution in [0.1, 0.15) is 40.7 Å². The Hall–Kier alpha value is -3.35. The van der Waals surface area contributed by atoms with Gasteiger partial charge in [0.1, 0.15) is 5.84 Å². The van der Waals surface area contributed by atoms with E-state index in [9.17, 15) is 9.59 Å². The third-order valence-corrected chi connectivity index (χ3v) is 4.61. The van der Waals surface area contributed by atoms with Crippen LogP contribution < -0.4 is 16.4 Å². The molecule has 1 aliphatic rings. The zero-order valence-electron chi connectivity index (χ0n) is 14.8. The maximum Gasteiger partial charge on any atom is 0.305 e. The molecule has 0 fully saturated rings. The molecule has 0 saturated heterocycles. The number of carboxylic acids is 1. The molecule has 1 atom stereocenters. The molecule has 140 valence electrons. The van der Waals surface area contributed by atoms with Crippen molar-refractivity contribution in [3.05, 3.63) is 59.2 Å². The summed E-state index contributed by atoms with van der Waals surface area (Å²) in [6.45, 7) is 0. The number of aliphatic carboxylic acids is 1. The fourth-order valence-electron chi connectivity index (χ4n) is 3.20. The third kappa shape index (κ3) is 4.63. The highest BCUT2D eigenvalue weighted by Gasteiger charge is 2.19. The number of amides is 1. The third-order valence-electron chi connectivity index (χ3n) is 4.61. The lowest BCUT2D eigenvalue weighted by atomic mass is 10.0. The zero-order valence-corrected chi connectivity index (χ0v) is 14.8. The van der Waals surface area contributed by atoms with Crippen molar-refractivity contribution in [3.8, 4) is 0 Å². The summed E-state index contributed by atoms with van der Waals surface area (Å²) in [6.07, 6.45) is 2.60. The average molecular weight is 366 g/mol. The first kappa shape index (κ1) is 18.4. The van der Waals surface area contributed by atoms with E-state index in [0.29, 0.717) is 16.8 Å². The Kier molecular flexibility index (Phi) is 5.40. The molecule has 0 aliphatic carbocycles. The lowest BCUT2D eigenvalue weighted by molar-refractivity contribution is -0.137. The second kappa shape index (κ2) is 7.90. The summed E-state index contributed by atoms with van der Waals surface area (Å²) in [6, 6.07) is 12.1.